The normalized spacial score (nSPS) is 17.8. The molecule has 0 bridgehead atoms. The molecule has 2 aliphatic rings. The van der Waals surface area contributed by atoms with E-state index >= 15 is 0 Å². The molecule has 1 aromatic carbocycles. The smallest absolute Gasteiger partial charge is 0.471 e. The van der Waals surface area contributed by atoms with Crippen molar-refractivity contribution in [2.45, 2.75) is 25.4 Å². The number of halogens is 5. The number of allylic oxidation sites excluding steroid dienone is 3. The number of aliphatic imine (C=N–C) groups is 1. The zero-order chi connectivity index (χ0) is 21.0. The topological polar surface area (TPSA) is 78.8 Å². The predicted octanol–water partition coefficient (Wildman–Crippen LogP) is 4.39. The molecule has 0 saturated carbocycles. The molecule has 1 aliphatic carbocycles. The highest BCUT2D eigenvalue weighted by molar-refractivity contribution is 9.11. The lowest BCUT2D eigenvalue weighted by molar-refractivity contribution is -0.173. The van der Waals surface area contributed by atoms with Crippen LogP contribution < -0.4 is 5.32 Å². The molecule has 1 aromatic rings. The van der Waals surface area contributed by atoms with Crippen molar-refractivity contribution in [3.63, 3.8) is 0 Å². The third-order valence-corrected chi connectivity index (χ3v) is 5.96. The standard InChI is InChI=1S/C18H13Br2F3N2O3/c1-17(2)8-4-12(26)7(6-24-16(28)18(21,22)23)3-10(8)25-11-5-9(19)15(27)14(20)13(11)17/h3-5,27H,6H2,1-2H3,(H,24,28). The van der Waals surface area contributed by atoms with Crippen molar-refractivity contribution in [2.24, 2.45) is 4.99 Å². The molecule has 1 heterocycles. The number of rotatable bonds is 2. The second-order valence-electron chi connectivity index (χ2n) is 6.81. The van der Waals surface area contributed by atoms with E-state index < -0.39 is 29.8 Å². The molecule has 0 radical (unpaired) electrons. The zero-order valence-corrected chi connectivity index (χ0v) is 17.7. The summed E-state index contributed by atoms with van der Waals surface area (Å²) in [6.45, 7) is 3.14. The highest BCUT2D eigenvalue weighted by Gasteiger charge is 2.41. The van der Waals surface area contributed by atoms with E-state index in [0.29, 0.717) is 31.5 Å². The van der Waals surface area contributed by atoms with Crippen LogP contribution in [0.25, 0.3) is 0 Å². The van der Waals surface area contributed by atoms with Crippen molar-refractivity contribution in [2.75, 3.05) is 6.54 Å². The van der Waals surface area contributed by atoms with Gasteiger partial charge in [0.2, 0.25) is 0 Å². The van der Waals surface area contributed by atoms with E-state index in [1.54, 1.807) is 11.4 Å². The van der Waals surface area contributed by atoms with Crippen LogP contribution in [0.3, 0.4) is 0 Å². The van der Waals surface area contributed by atoms with Crippen LogP contribution in [-0.2, 0) is 15.0 Å². The Kier molecular flexibility index (Phi) is 5.08. The molecular weight excluding hydrogens is 509 g/mol. The molecule has 2 N–H and O–H groups in total. The van der Waals surface area contributed by atoms with Crippen molar-refractivity contribution >= 4 is 54.9 Å². The van der Waals surface area contributed by atoms with E-state index in [0.717, 1.165) is 0 Å². The minimum Gasteiger partial charge on any atom is -0.506 e. The number of nitrogens with one attached hydrogen (secondary N) is 1. The molecule has 0 fully saturated rings. The van der Waals surface area contributed by atoms with Gasteiger partial charge in [-0.1, -0.05) is 13.8 Å². The third-order valence-electron chi connectivity index (χ3n) is 4.59. The fourth-order valence-corrected chi connectivity index (χ4v) is 4.76. The number of phenols is 1. The van der Waals surface area contributed by atoms with Gasteiger partial charge in [-0.05, 0) is 55.7 Å². The molecule has 0 saturated heterocycles. The van der Waals surface area contributed by atoms with Crippen molar-refractivity contribution in [3.8, 4) is 5.75 Å². The Morgan fingerprint density at radius 1 is 1.29 bits per heavy atom. The molecule has 10 heteroatoms. The van der Waals surface area contributed by atoms with E-state index in [1.165, 1.54) is 12.2 Å². The molecular formula is C18H13Br2F3N2O3. The highest BCUT2D eigenvalue weighted by atomic mass is 79.9. The van der Waals surface area contributed by atoms with Gasteiger partial charge in [0.15, 0.2) is 5.78 Å². The first-order chi connectivity index (χ1) is 12.8. The van der Waals surface area contributed by atoms with Crippen LogP contribution >= 0.6 is 31.9 Å². The molecule has 5 nitrogen and oxygen atoms in total. The summed E-state index contributed by atoms with van der Waals surface area (Å²) in [7, 11) is 0. The maximum absolute atomic E-state index is 12.4. The van der Waals surface area contributed by atoms with Gasteiger partial charge in [0.25, 0.3) is 0 Å². The zero-order valence-electron chi connectivity index (χ0n) is 14.5. The maximum Gasteiger partial charge on any atom is 0.471 e. The molecule has 0 spiro atoms. The van der Waals surface area contributed by atoms with Gasteiger partial charge in [0, 0.05) is 23.1 Å². The molecule has 0 aromatic heterocycles. The third kappa shape index (κ3) is 3.43. The number of carbonyl (C=O) groups excluding carboxylic acids is 2. The number of carbonyl (C=O) groups is 2. The minimum absolute atomic E-state index is 0.000643. The largest absolute Gasteiger partial charge is 0.506 e. The predicted molar refractivity (Wildman–Crippen MR) is 104 cm³/mol. The fraction of sp³-hybridized carbons (Fsp3) is 0.278. The minimum atomic E-state index is -5.02. The maximum atomic E-state index is 12.4. The Hall–Kier alpha value is -1.94. The van der Waals surface area contributed by atoms with E-state index in [4.69, 9.17) is 0 Å². The number of hydrogen-bond donors (Lipinski definition) is 2. The number of benzene rings is 1. The Balaban J connectivity index is 2.04. The van der Waals surface area contributed by atoms with Gasteiger partial charge in [0.05, 0.1) is 20.3 Å². The van der Waals surface area contributed by atoms with Crippen LogP contribution in [0.5, 0.6) is 5.75 Å². The van der Waals surface area contributed by atoms with E-state index in [9.17, 15) is 27.9 Å². The number of hydrogen-bond acceptors (Lipinski definition) is 4. The molecule has 3 rings (SSSR count). The van der Waals surface area contributed by atoms with E-state index in [2.05, 4.69) is 36.9 Å². The van der Waals surface area contributed by atoms with Gasteiger partial charge >= 0.3 is 12.1 Å². The number of phenolic OH excluding ortho intramolecular Hbond substituents is 1. The Bertz CT molecular complexity index is 1010. The second-order valence-corrected chi connectivity index (χ2v) is 8.46. The van der Waals surface area contributed by atoms with Crippen molar-refractivity contribution in [1.82, 2.24) is 5.32 Å². The summed E-state index contributed by atoms with van der Waals surface area (Å²) in [5, 5.41) is 11.9. The van der Waals surface area contributed by atoms with Gasteiger partial charge < -0.3 is 10.4 Å². The summed E-state index contributed by atoms with van der Waals surface area (Å²) < 4.78 is 37.9. The average Bonchev–Trinajstić information content (AvgIpc) is 2.57. The van der Waals surface area contributed by atoms with Gasteiger partial charge in [0.1, 0.15) is 5.75 Å². The SMILES string of the molecule is CC1(C)C2=CC(=O)C(CNC(=O)C(F)(F)F)=CC2=Nc2cc(Br)c(O)c(Br)c21. The number of ketones is 1. The van der Waals surface area contributed by atoms with Crippen molar-refractivity contribution in [3.05, 3.63) is 43.9 Å². The monoisotopic (exact) mass is 520 g/mol. The molecule has 1 aliphatic heterocycles. The summed E-state index contributed by atoms with van der Waals surface area (Å²) in [5.74, 6) is -2.62. The van der Waals surface area contributed by atoms with Crippen LogP contribution in [0.1, 0.15) is 19.4 Å². The van der Waals surface area contributed by atoms with Crippen LogP contribution in [-0.4, -0.2) is 35.2 Å². The van der Waals surface area contributed by atoms with Gasteiger partial charge in [-0.2, -0.15) is 13.2 Å². The first kappa shape index (κ1) is 20.8. The van der Waals surface area contributed by atoms with Crippen LogP contribution in [0, 0.1) is 0 Å². The Morgan fingerprint density at radius 2 is 1.93 bits per heavy atom. The Labute approximate surface area is 174 Å². The quantitative estimate of drug-likeness (QED) is 0.566. The second kappa shape index (κ2) is 6.84. The molecule has 148 valence electrons. The summed E-state index contributed by atoms with van der Waals surface area (Å²) in [6, 6.07) is 1.62. The summed E-state index contributed by atoms with van der Waals surface area (Å²) >= 11 is 6.61. The van der Waals surface area contributed by atoms with E-state index in [1.807, 2.05) is 13.8 Å². The summed E-state index contributed by atoms with van der Waals surface area (Å²) in [4.78, 5) is 27.9. The lowest BCUT2D eigenvalue weighted by atomic mass is 9.71. The van der Waals surface area contributed by atoms with Crippen LogP contribution in [0.4, 0.5) is 18.9 Å². The van der Waals surface area contributed by atoms with Crippen LogP contribution in [0.15, 0.2) is 43.3 Å². The van der Waals surface area contributed by atoms with E-state index in [-0.39, 0.29) is 11.3 Å². The number of nitrogens with zero attached hydrogens (tertiary/aromatic N) is 1. The van der Waals surface area contributed by atoms with Crippen molar-refractivity contribution in [1.29, 1.82) is 0 Å². The molecule has 1 amide bonds. The highest BCUT2D eigenvalue weighted by Crippen LogP contribution is 2.51. The lowest BCUT2D eigenvalue weighted by Crippen LogP contribution is -2.39. The number of amides is 1. The number of aromatic hydroxyl groups is 1. The first-order valence-corrected chi connectivity index (χ1v) is 9.55. The van der Waals surface area contributed by atoms with Gasteiger partial charge in [-0.15, -0.1) is 0 Å². The first-order valence-electron chi connectivity index (χ1n) is 7.96. The summed E-state index contributed by atoms with van der Waals surface area (Å²) in [6.07, 6.45) is -2.33. The molecule has 0 atom stereocenters. The lowest BCUT2D eigenvalue weighted by Gasteiger charge is -2.36. The van der Waals surface area contributed by atoms with Crippen molar-refractivity contribution < 1.29 is 27.9 Å². The van der Waals surface area contributed by atoms with Crippen LogP contribution in [0.2, 0.25) is 0 Å². The van der Waals surface area contributed by atoms with Gasteiger partial charge in [-0.3, -0.25) is 9.59 Å². The molecule has 0 unspecified atom stereocenters. The summed E-state index contributed by atoms with van der Waals surface area (Å²) in [5.41, 5.74) is 1.49. The molecule has 28 heavy (non-hydrogen) atoms. The average molecular weight is 522 g/mol. The van der Waals surface area contributed by atoms with Gasteiger partial charge in [-0.25, -0.2) is 4.99 Å². The Morgan fingerprint density at radius 3 is 2.54 bits per heavy atom. The fourth-order valence-electron chi connectivity index (χ4n) is 3.16. The number of alkyl halides is 3. The number of fused-ring (bicyclic) bond motifs is 2.